The molecule has 1 heterocycles. The lowest BCUT2D eigenvalue weighted by Gasteiger charge is -2.28. The van der Waals surface area contributed by atoms with Crippen LogP contribution in [0.1, 0.15) is 11.1 Å². The maximum Gasteiger partial charge on any atom is 0.243 e. The molecule has 130 valence electrons. The van der Waals surface area contributed by atoms with Crippen molar-refractivity contribution in [1.82, 2.24) is 4.31 Å². The first-order valence-corrected chi connectivity index (χ1v) is 9.29. The molecule has 0 saturated carbocycles. The maximum absolute atomic E-state index is 12.9. The zero-order chi connectivity index (χ0) is 18.6. The maximum atomic E-state index is 12.9. The fourth-order valence-electron chi connectivity index (χ4n) is 2.72. The molecular formula is C18H15N5O2S. The van der Waals surface area contributed by atoms with Gasteiger partial charge in [0.25, 0.3) is 0 Å². The van der Waals surface area contributed by atoms with Crippen molar-refractivity contribution in [3.05, 3.63) is 59.7 Å². The number of nitriles is 2. The third-order valence-corrected chi connectivity index (χ3v) is 5.96. The number of rotatable bonds is 4. The van der Waals surface area contributed by atoms with Gasteiger partial charge >= 0.3 is 0 Å². The highest BCUT2D eigenvalue weighted by atomic mass is 32.2. The van der Waals surface area contributed by atoms with Crippen molar-refractivity contribution in [2.24, 2.45) is 5.10 Å². The van der Waals surface area contributed by atoms with E-state index in [9.17, 15) is 8.42 Å². The van der Waals surface area contributed by atoms with Gasteiger partial charge < -0.3 is 0 Å². The molecule has 2 aromatic rings. The van der Waals surface area contributed by atoms with Crippen molar-refractivity contribution in [2.75, 3.05) is 12.0 Å². The minimum Gasteiger partial charge on any atom is -0.277 e. The van der Waals surface area contributed by atoms with Crippen LogP contribution in [0.3, 0.4) is 0 Å². The number of fused-ring (bicyclic) bond motifs is 1. The average Bonchev–Trinajstić information content (AvgIpc) is 2.68. The van der Waals surface area contributed by atoms with Gasteiger partial charge in [-0.15, -0.1) is 0 Å². The minimum absolute atomic E-state index is 0.187. The van der Waals surface area contributed by atoms with Crippen LogP contribution in [0.2, 0.25) is 0 Å². The first-order valence-electron chi connectivity index (χ1n) is 7.85. The topological polar surface area (TPSA) is 109 Å². The third kappa shape index (κ3) is 3.57. The van der Waals surface area contributed by atoms with Crippen LogP contribution in [0.25, 0.3) is 0 Å². The van der Waals surface area contributed by atoms with Crippen LogP contribution in [0.5, 0.6) is 0 Å². The molecule has 0 fully saturated rings. The molecule has 26 heavy (non-hydrogen) atoms. The molecule has 0 radical (unpaired) electrons. The largest absolute Gasteiger partial charge is 0.277 e. The average molecular weight is 365 g/mol. The Morgan fingerprint density at radius 3 is 2.35 bits per heavy atom. The molecule has 7 nitrogen and oxygen atoms in total. The van der Waals surface area contributed by atoms with Crippen molar-refractivity contribution in [3.8, 4) is 12.1 Å². The highest BCUT2D eigenvalue weighted by molar-refractivity contribution is 7.89. The zero-order valence-corrected chi connectivity index (χ0v) is 14.6. The van der Waals surface area contributed by atoms with Crippen LogP contribution in [0.4, 0.5) is 5.69 Å². The van der Waals surface area contributed by atoms with Crippen molar-refractivity contribution in [3.63, 3.8) is 0 Å². The Kier molecular flexibility index (Phi) is 4.99. The molecule has 1 N–H and O–H groups in total. The van der Waals surface area contributed by atoms with Crippen LogP contribution >= 0.6 is 0 Å². The van der Waals surface area contributed by atoms with Gasteiger partial charge in [-0.2, -0.15) is 19.9 Å². The second kappa shape index (κ2) is 7.36. The Balaban J connectivity index is 1.78. The number of hydrogen-bond donors (Lipinski definition) is 1. The van der Waals surface area contributed by atoms with E-state index in [0.717, 1.165) is 5.56 Å². The Bertz CT molecular complexity index is 1010. The molecule has 3 rings (SSSR count). The van der Waals surface area contributed by atoms with Crippen LogP contribution in [0.15, 0.2) is 58.5 Å². The summed E-state index contributed by atoms with van der Waals surface area (Å²) in [6, 6.07) is 17.1. The number of anilines is 1. The predicted molar refractivity (Wildman–Crippen MR) is 96.5 cm³/mol. The fraction of sp³-hybridized carbons (Fsp3) is 0.167. The second-order valence-corrected chi connectivity index (χ2v) is 7.62. The highest BCUT2D eigenvalue weighted by Crippen LogP contribution is 2.25. The van der Waals surface area contributed by atoms with Crippen molar-refractivity contribution in [2.45, 2.75) is 17.9 Å². The molecule has 0 spiro atoms. The number of benzene rings is 2. The van der Waals surface area contributed by atoms with Gasteiger partial charge in [-0.1, -0.05) is 24.3 Å². The van der Waals surface area contributed by atoms with E-state index in [2.05, 4.69) is 10.5 Å². The lowest BCUT2D eigenvalue weighted by molar-refractivity contribution is 0.391. The van der Waals surface area contributed by atoms with Crippen LogP contribution < -0.4 is 5.43 Å². The monoisotopic (exact) mass is 365 g/mol. The van der Waals surface area contributed by atoms with Gasteiger partial charge in [-0.05, 0) is 41.8 Å². The lowest BCUT2D eigenvalue weighted by atomic mass is 10.0. The van der Waals surface area contributed by atoms with Crippen LogP contribution in [-0.4, -0.2) is 25.0 Å². The van der Waals surface area contributed by atoms with Crippen molar-refractivity contribution in [1.29, 1.82) is 10.5 Å². The van der Waals surface area contributed by atoms with E-state index >= 15 is 0 Å². The summed E-state index contributed by atoms with van der Waals surface area (Å²) in [6.07, 6.45) is 0.689. The molecule has 0 amide bonds. The fourth-order valence-corrected chi connectivity index (χ4v) is 4.14. The molecule has 8 heteroatoms. The molecule has 0 bridgehead atoms. The molecule has 0 aromatic heterocycles. The molecule has 2 aromatic carbocycles. The normalized spacial score (nSPS) is 13.8. The summed E-state index contributed by atoms with van der Waals surface area (Å²) >= 11 is 0. The third-order valence-electron chi connectivity index (χ3n) is 4.10. The van der Waals surface area contributed by atoms with Crippen LogP contribution in [0, 0.1) is 22.7 Å². The Hall–Kier alpha value is -3.20. The van der Waals surface area contributed by atoms with Gasteiger partial charge in [0.05, 0.1) is 10.6 Å². The summed E-state index contributed by atoms with van der Waals surface area (Å²) in [4.78, 5) is 0.187. The predicted octanol–water partition coefficient (Wildman–Crippen LogP) is 2.25. The summed E-state index contributed by atoms with van der Waals surface area (Å²) in [6.45, 7) is 0.799. The molecule has 0 unspecified atom stereocenters. The summed E-state index contributed by atoms with van der Waals surface area (Å²) < 4.78 is 27.2. The number of nitrogens with zero attached hydrogens (tertiary/aromatic N) is 4. The summed E-state index contributed by atoms with van der Waals surface area (Å²) in [5.41, 5.74) is 4.93. The zero-order valence-electron chi connectivity index (χ0n) is 13.8. The van der Waals surface area contributed by atoms with E-state index in [1.54, 1.807) is 24.3 Å². The summed E-state index contributed by atoms with van der Waals surface area (Å²) in [7, 11) is -3.60. The van der Waals surface area contributed by atoms with Gasteiger partial charge in [-0.25, -0.2) is 8.42 Å². The molecular weight excluding hydrogens is 350 g/mol. The van der Waals surface area contributed by atoms with Gasteiger partial charge in [0.2, 0.25) is 15.7 Å². The van der Waals surface area contributed by atoms with E-state index in [1.165, 1.54) is 22.0 Å². The van der Waals surface area contributed by atoms with E-state index in [1.807, 2.05) is 24.3 Å². The second-order valence-electron chi connectivity index (χ2n) is 5.68. The summed E-state index contributed by atoms with van der Waals surface area (Å²) in [5.74, 6) is 0. The first kappa shape index (κ1) is 17.6. The van der Waals surface area contributed by atoms with E-state index in [4.69, 9.17) is 10.5 Å². The number of hydrogen-bond acceptors (Lipinski definition) is 6. The molecule has 1 aliphatic rings. The van der Waals surface area contributed by atoms with E-state index in [-0.39, 0.29) is 10.6 Å². The van der Waals surface area contributed by atoms with Crippen molar-refractivity contribution < 1.29 is 8.42 Å². The SMILES string of the molecule is N#CC(C#N)=NNc1ccc(S(=O)(=O)N2CCc3ccccc3C2)cc1. The van der Waals surface area contributed by atoms with E-state index in [0.29, 0.717) is 25.2 Å². The minimum atomic E-state index is -3.60. The molecule has 0 atom stereocenters. The van der Waals surface area contributed by atoms with Crippen LogP contribution in [-0.2, 0) is 23.0 Å². The van der Waals surface area contributed by atoms with Gasteiger partial charge in [0.1, 0.15) is 12.1 Å². The molecule has 0 aliphatic carbocycles. The van der Waals surface area contributed by atoms with Gasteiger partial charge in [0, 0.05) is 13.1 Å². The van der Waals surface area contributed by atoms with Gasteiger partial charge in [0.15, 0.2) is 0 Å². The number of sulfonamides is 1. The quantitative estimate of drug-likeness (QED) is 0.660. The smallest absolute Gasteiger partial charge is 0.243 e. The standard InChI is InChI=1S/C18H15N5O2S/c19-11-17(12-20)22-21-16-5-7-18(8-6-16)26(24,25)23-10-9-14-3-1-2-4-15(14)13-23/h1-8,21H,9-10,13H2. The molecule has 0 saturated heterocycles. The molecule has 1 aliphatic heterocycles. The Morgan fingerprint density at radius 1 is 1.04 bits per heavy atom. The lowest BCUT2D eigenvalue weighted by Crippen LogP contribution is -2.35. The van der Waals surface area contributed by atoms with Crippen molar-refractivity contribution >= 4 is 21.4 Å². The van der Waals surface area contributed by atoms with E-state index < -0.39 is 10.0 Å². The number of nitrogens with one attached hydrogen (secondary N) is 1. The number of hydrazone groups is 1. The van der Waals surface area contributed by atoms with Gasteiger partial charge in [-0.3, -0.25) is 5.43 Å². The Morgan fingerprint density at radius 2 is 1.69 bits per heavy atom. The Labute approximate surface area is 151 Å². The highest BCUT2D eigenvalue weighted by Gasteiger charge is 2.28. The summed E-state index contributed by atoms with van der Waals surface area (Å²) in [5, 5.41) is 20.9. The first-order chi connectivity index (χ1) is 12.5.